The van der Waals surface area contributed by atoms with Crippen molar-refractivity contribution >= 4 is 16.8 Å². The Bertz CT molecular complexity index is 766. The number of fused-ring (bicyclic) bond motifs is 1. The van der Waals surface area contributed by atoms with Gasteiger partial charge >= 0.3 is 0 Å². The van der Waals surface area contributed by atoms with Gasteiger partial charge in [-0.2, -0.15) is 5.10 Å². The Kier molecular flexibility index (Phi) is 3.16. The monoisotopic (exact) mass is 269 g/mol. The van der Waals surface area contributed by atoms with E-state index in [0.29, 0.717) is 11.1 Å². The fourth-order valence-electron chi connectivity index (χ4n) is 2.08. The van der Waals surface area contributed by atoms with Crippen molar-refractivity contribution in [3.05, 3.63) is 65.6 Å². The Balaban J connectivity index is 1.78. The molecule has 0 bridgehead atoms. The molecule has 1 heterocycles. The molecular formula is C15H12FN3O. The van der Waals surface area contributed by atoms with Gasteiger partial charge in [0.15, 0.2) is 0 Å². The summed E-state index contributed by atoms with van der Waals surface area (Å²) >= 11 is 0. The van der Waals surface area contributed by atoms with Crippen molar-refractivity contribution in [2.75, 3.05) is 0 Å². The van der Waals surface area contributed by atoms with Crippen LogP contribution in [0.1, 0.15) is 15.9 Å². The zero-order valence-corrected chi connectivity index (χ0v) is 10.6. The first-order chi connectivity index (χ1) is 9.74. The highest BCUT2D eigenvalue weighted by molar-refractivity contribution is 6.05. The first-order valence-electron chi connectivity index (χ1n) is 6.19. The number of rotatable bonds is 3. The highest BCUT2D eigenvalue weighted by Crippen LogP contribution is 2.15. The summed E-state index contributed by atoms with van der Waals surface area (Å²) < 4.78 is 13.1. The summed E-state index contributed by atoms with van der Waals surface area (Å²) in [4.78, 5) is 12.2. The molecule has 0 spiro atoms. The van der Waals surface area contributed by atoms with Crippen molar-refractivity contribution in [2.24, 2.45) is 0 Å². The van der Waals surface area contributed by atoms with Gasteiger partial charge in [0.25, 0.3) is 5.91 Å². The molecule has 4 nitrogen and oxygen atoms in total. The third kappa shape index (κ3) is 2.38. The number of hydrogen-bond donors (Lipinski definition) is 2. The topological polar surface area (TPSA) is 57.8 Å². The minimum absolute atomic E-state index is 0.218. The van der Waals surface area contributed by atoms with Crippen LogP contribution in [0.2, 0.25) is 0 Å². The van der Waals surface area contributed by atoms with Gasteiger partial charge in [-0.1, -0.05) is 24.3 Å². The second-order valence-corrected chi connectivity index (χ2v) is 4.45. The summed E-state index contributed by atoms with van der Waals surface area (Å²) in [7, 11) is 0. The number of nitrogens with one attached hydrogen (secondary N) is 2. The largest absolute Gasteiger partial charge is 0.348 e. The van der Waals surface area contributed by atoms with E-state index in [4.69, 9.17) is 0 Å². The molecule has 20 heavy (non-hydrogen) atoms. The molecule has 0 saturated carbocycles. The number of carbonyl (C=O) groups excluding carboxylic acids is 1. The van der Waals surface area contributed by atoms with Crippen LogP contribution in [0.25, 0.3) is 10.9 Å². The molecule has 2 N–H and O–H groups in total. The van der Waals surface area contributed by atoms with Crippen LogP contribution in [0.3, 0.4) is 0 Å². The maximum absolute atomic E-state index is 13.1. The van der Waals surface area contributed by atoms with Gasteiger partial charge in [0, 0.05) is 11.9 Å². The lowest BCUT2D eigenvalue weighted by Crippen LogP contribution is -2.23. The number of hydrogen-bond acceptors (Lipinski definition) is 2. The summed E-state index contributed by atoms with van der Waals surface area (Å²) in [5, 5.41) is 10.4. The Morgan fingerprint density at radius 2 is 2.10 bits per heavy atom. The van der Waals surface area contributed by atoms with E-state index in [2.05, 4.69) is 15.5 Å². The SMILES string of the molecule is O=C(NCc1cccc(F)c1)c1cccc2cn[nH]c12. The number of halogens is 1. The number of para-hydroxylation sites is 1. The molecule has 2 aromatic carbocycles. The van der Waals surface area contributed by atoms with E-state index in [-0.39, 0.29) is 18.3 Å². The van der Waals surface area contributed by atoms with Crippen molar-refractivity contribution in [1.82, 2.24) is 15.5 Å². The number of H-pyrrole nitrogens is 1. The first-order valence-corrected chi connectivity index (χ1v) is 6.19. The van der Waals surface area contributed by atoms with E-state index < -0.39 is 0 Å². The van der Waals surface area contributed by atoms with E-state index in [0.717, 1.165) is 10.9 Å². The van der Waals surface area contributed by atoms with Crippen molar-refractivity contribution < 1.29 is 9.18 Å². The van der Waals surface area contributed by atoms with Crippen molar-refractivity contribution in [3.63, 3.8) is 0 Å². The Morgan fingerprint density at radius 1 is 1.25 bits per heavy atom. The van der Waals surface area contributed by atoms with Gasteiger partial charge in [-0.05, 0) is 23.8 Å². The van der Waals surface area contributed by atoms with Crippen LogP contribution in [-0.2, 0) is 6.54 Å². The standard InChI is InChI=1S/C15H12FN3O/c16-12-5-1-3-10(7-12)8-17-15(20)13-6-2-4-11-9-18-19-14(11)13/h1-7,9H,8H2,(H,17,20)(H,18,19). The van der Waals surface area contributed by atoms with Gasteiger partial charge in [0.05, 0.1) is 17.3 Å². The van der Waals surface area contributed by atoms with E-state index in [9.17, 15) is 9.18 Å². The molecule has 0 fully saturated rings. The van der Waals surface area contributed by atoms with E-state index >= 15 is 0 Å². The van der Waals surface area contributed by atoms with Crippen LogP contribution < -0.4 is 5.32 Å². The molecular weight excluding hydrogens is 257 g/mol. The number of nitrogens with zero attached hydrogens (tertiary/aromatic N) is 1. The fraction of sp³-hybridized carbons (Fsp3) is 0.0667. The summed E-state index contributed by atoms with van der Waals surface area (Å²) in [5.41, 5.74) is 1.94. The Morgan fingerprint density at radius 3 is 2.95 bits per heavy atom. The van der Waals surface area contributed by atoms with Gasteiger partial charge in [0.1, 0.15) is 5.82 Å². The summed E-state index contributed by atoms with van der Waals surface area (Å²) in [6.45, 7) is 0.279. The maximum Gasteiger partial charge on any atom is 0.253 e. The van der Waals surface area contributed by atoms with Crippen molar-refractivity contribution in [3.8, 4) is 0 Å². The summed E-state index contributed by atoms with van der Waals surface area (Å²) in [6, 6.07) is 11.6. The van der Waals surface area contributed by atoms with Crippen LogP contribution in [0.4, 0.5) is 4.39 Å². The Hall–Kier alpha value is -2.69. The van der Waals surface area contributed by atoms with E-state index in [1.807, 2.05) is 6.07 Å². The molecule has 0 aliphatic carbocycles. The molecule has 5 heteroatoms. The third-order valence-corrected chi connectivity index (χ3v) is 3.06. The molecule has 0 radical (unpaired) electrons. The number of aromatic amines is 1. The van der Waals surface area contributed by atoms with Crippen molar-refractivity contribution in [1.29, 1.82) is 0 Å². The summed E-state index contributed by atoms with van der Waals surface area (Å²) in [6.07, 6.45) is 1.67. The molecule has 0 saturated heterocycles. The predicted octanol–water partition coefficient (Wildman–Crippen LogP) is 2.63. The van der Waals surface area contributed by atoms with Gasteiger partial charge < -0.3 is 5.32 Å². The van der Waals surface area contributed by atoms with Gasteiger partial charge in [-0.15, -0.1) is 0 Å². The van der Waals surface area contributed by atoms with E-state index in [1.54, 1.807) is 30.5 Å². The Labute approximate surface area is 114 Å². The van der Waals surface area contributed by atoms with Crippen LogP contribution in [-0.4, -0.2) is 16.1 Å². The fourth-order valence-corrected chi connectivity index (χ4v) is 2.08. The van der Waals surface area contributed by atoms with Gasteiger partial charge in [-0.25, -0.2) is 4.39 Å². The average molecular weight is 269 g/mol. The molecule has 0 atom stereocenters. The molecule has 1 aromatic heterocycles. The maximum atomic E-state index is 13.1. The lowest BCUT2D eigenvalue weighted by molar-refractivity contribution is 0.0952. The van der Waals surface area contributed by atoms with Gasteiger partial charge in [-0.3, -0.25) is 9.89 Å². The van der Waals surface area contributed by atoms with Crippen LogP contribution in [0, 0.1) is 5.82 Å². The number of benzene rings is 2. The summed E-state index contributed by atoms with van der Waals surface area (Å²) in [5.74, 6) is -0.531. The zero-order chi connectivity index (χ0) is 13.9. The minimum atomic E-state index is -0.313. The van der Waals surface area contributed by atoms with Crippen molar-refractivity contribution in [2.45, 2.75) is 6.54 Å². The highest BCUT2D eigenvalue weighted by atomic mass is 19.1. The molecule has 1 amide bonds. The lowest BCUT2D eigenvalue weighted by atomic mass is 10.1. The number of carbonyl (C=O) groups is 1. The minimum Gasteiger partial charge on any atom is -0.348 e. The highest BCUT2D eigenvalue weighted by Gasteiger charge is 2.10. The van der Waals surface area contributed by atoms with Crippen LogP contribution in [0.15, 0.2) is 48.7 Å². The predicted molar refractivity (Wildman–Crippen MR) is 73.7 cm³/mol. The molecule has 0 aliphatic heterocycles. The van der Waals surface area contributed by atoms with Crippen LogP contribution in [0.5, 0.6) is 0 Å². The van der Waals surface area contributed by atoms with Gasteiger partial charge in [0.2, 0.25) is 0 Å². The lowest BCUT2D eigenvalue weighted by Gasteiger charge is -2.06. The molecule has 100 valence electrons. The molecule has 0 unspecified atom stereocenters. The molecule has 3 rings (SSSR count). The normalized spacial score (nSPS) is 10.7. The number of amides is 1. The van der Waals surface area contributed by atoms with Crippen LogP contribution >= 0.6 is 0 Å². The zero-order valence-electron chi connectivity index (χ0n) is 10.6. The van der Waals surface area contributed by atoms with E-state index in [1.165, 1.54) is 12.1 Å². The second kappa shape index (κ2) is 5.13. The third-order valence-electron chi connectivity index (χ3n) is 3.06. The average Bonchev–Trinajstić information content (AvgIpc) is 2.93. The molecule has 0 aliphatic rings. The number of aromatic nitrogens is 2. The molecule has 3 aromatic rings. The first kappa shape index (κ1) is 12.3. The second-order valence-electron chi connectivity index (χ2n) is 4.45. The smallest absolute Gasteiger partial charge is 0.253 e. The quantitative estimate of drug-likeness (QED) is 0.768.